The van der Waals surface area contributed by atoms with Crippen LogP contribution in [0.4, 0.5) is 11.4 Å². The molecule has 2 bridgehead atoms. The van der Waals surface area contributed by atoms with Gasteiger partial charge in [0.25, 0.3) is 0 Å². The van der Waals surface area contributed by atoms with Crippen LogP contribution < -0.4 is 15.4 Å². The third kappa shape index (κ3) is 4.85. The summed E-state index contributed by atoms with van der Waals surface area (Å²) in [5.74, 6) is -2.38. The van der Waals surface area contributed by atoms with Gasteiger partial charge in [-0.05, 0) is 68.7 Å². The van der Waals surface area contributed by atoms with Crippen LogP contribution in [0.5, 0.6) is 5.75 Å². The van der Waals surface area contributed by atoms with Crippen molar-refractivity contribution in [1.29, 1.82) is 0 Å². The molecular formula is C33H34ClN3O6. The molecule has 3 aromatic rings. The Balaban J connectivity index is 1.39. The molecule has 0 radical (unpaired) electrons. The number of para-hydroxylation sites is 1. The summed E-state index contributed by atoms with van der Waals surface area (Å²) in [7, 11) is 0. The van der Waals surface area contributed by atoms with Crippen LogP contribution in [0, 0.1) is 11.8 Å². The highest BCUT2D eigenvalue weighted by molar-refractivity contribution is 6.33. The molecule has 3 N–H and O–H groups in total. The number of nitrogens with zero attached hydrogens (tertiary/aromatic N) is 1. The second-order valence-corrected chi connectivity index (χ2v) is 11.9. The fourth-order valence-electron chi connectivity index (χ4n) is 7.21. The summed E-state index contributed by atoms with van der Waals surface area (Å²) >= 11 is 6.38. The highest BCUT2D eigenvalue weighted by atomic mass is 35.5. The Morgan fingerprint density at radius 2 is 1.72 bits per heavy atom. The topological polar surface area (TPSA) is 117 Å². The van der Waals surface area contributed by atoms with Crippen LogP contribution in [-0.4, -0.2) is 58.2 Å². The number of ether oxygens (including phenoxy) is 2. The summed E-state index contributed by atoms with van der Waals surface area (Å²) in [5, 5.41) is 16.8. The van der Waals surface area contributed by atoms with E-state index < -0.39 is 53.5 Å². The first kappa shape index (κ1) is 29.2. The highest BCUT2D eigenvalue weighted by Crippen LogP contribution is 2.64. The third-order valence-electron chi connectivity index (χ3n) is 9.00. The van der Waals surface area contributed by atoms with Crippen molar-refractivity contribution >= 4 is 40.7 Å². The molecule has 2 unspecified atom stereocenters. The van der Waals surface area contributed by atoms with Crippen LogP contribution in [0.15, 0.2) is 78.9 Å². The molecule has 3 heterocycles. The smallest absolute Gasteiger partial charge is 0.250 e. The number of carbonyl (C=O) groups is 3. The second-order valence-electron chi connectivity index (χ2n) is 11.5. The lowest BCUT2D eigenvalue weighted by molar-refractivity contribution is -0.147. The van der Waals surface area contributed by atoms with Gasteiger partial charge in [-0.3, -0.25) is 14.4 Å². The van der Waals surface area contributed by atoms with Gasteiger partial charge < -0.3 is 30.1 Å². The molecule has 6 atom stereocenters. The molecule has 0 aliphatic carbocycles. The van der Waals surface area contributed by atoms with E-state index >= 15 is 0 Å². The Kier molecular flexibility index (Phi) is 7.66. The number of rotatable bonds is 9. The number of amides is 3. The van der Waals surface area contributed by atoms with E-state index in [2.05, 4.69) is 10.6 Å². The lowest BCUT2D eigenvalue weighted by Gasteiger charge is -2.37. The largest absolute Gasteiger partial charge is 0.494 e. The Labute approximate surface area is 255 Å². The Bertz CT molecular complexity index is 1540. The predicted octanol–water partition coefficient (Wildman–Crippen LogP) is 4.81. The molecule has 9 nitrogen and oxygen atoms in total. The number of fused-ring (bicyclic) bond motifs is 1. The Hall–Kier alpha value is -3.92. The van der Waals surface area contributed by atoms with Gasteiger partial charge in [0.1, 0.15) is 17.4 Å². The highest BCUT2D eigenvalue weighted by Gasteiger charge is 2.78. The van der Waals surface area contributed by atoms with E-state index in [9.17, 15) is 19.5 Å². The van der Waals surface area contributed by atoms with Gasteiger partial charge in [-0.1, -0.05) is 54.1 Å². The zero-order valence-corrected chi connectivity index (χ0v) is 24.7. The van der Waals surface area contributed by atoms with Crippen molar-refractivity contribution in [1.82, 2.24) is 4.90 Å². The summed E-state index contributed by atoms with van der Waals surface area (Å²) in [5.41, 5.74) is -0.625. The fourth-order valence-corrected chi connectivity index (χ4v) is 7.40. The zero-order chi connectivity index (χ0) is 30.4. The minimum atomic E-state index is -1.28. The number of nitrogens with one attached hydrogen (secondary N) is 2. The van der Waals surface area contributed by atoms with Crippen molar-refractivity contribution in [3.8, 4) is 5.75 Å². The summed E-state index contributed by atoms with van der Waals surface area (Å²) < 4.78 is 12.2. The molecule has 3 aromatic carbocycles. The number of aliphatic hydroxyl groups is 1. The summed E-state index contributed by atoms with van der Waals surface area (Å²) in [6, 6.07) is 21.0. The zero-order valence-electron chi connectivity index (χ0n) is 24.0. The van der Waals surface area contributed by atoms with Crippen molar-refractivity contribution in [2.75, 3.05) is 23.8 Å². The molecule has 3 fully saturated rings. The molecule has 224 valence electrons. The molecular weight excluding hydrogens is 570 g/mol. The van der Waals surface area contributed by atoms with Crippen LogP contribution in [0.1, 0.15) is 38.3 Å². The second kappa shape index (κ2) is 11.3. The quantitative estimate of drug-likeness (QED) is 0.323. The van der Waals surface area contributed by atoms with E-state index in [4.69, 9.17) is 21.1 Å². The molecule has 1 spiro atoms. The van der Waals surface area contributed by atoms with Crippen molar-refractivity contribution in [3.63, 3.8) is 0 Å². The number of anilines is 2. The van der Waals surface area contributed by atoms with Crippen LogP contribution in [0.25, 0.3) is 0 Å². The summed E-state index contributed by atoms with van der Waals surface area (Å²) in [6.07, 6.45) is 0.883. The number of benzene rings is 3. The van der Waals surface area contributed by atoms with Crippen LogP contribution >= 0.6 is 11.6 Å². The fraction of sp³-hybridized carbons (Fsp3) is 0.364. The number of aliphatic hydroxyl groups excluding tert-OH is 1. The number of likely N-dealkylation sites (tertiary alicyclic amines) is 1. The molecule has 3 saturated heterocycles. The average Bonchev–Trinajstić information content (AvgIpc) is 3.57. The average molecular weight is 604 g/mol. The monoisotopic (exact) mass is 603 g/mol. The maximum Gasteiger partial charge on any atom is 0.250 e. The van der Waals surface area contributed by atoms with Gasteiger partial charge in [0.2, 0.25) is 17.7 Å². The Morgan fingerprint density at radius 1 is 1.02 bits per heavy atom. The Morgan fingerprint density at radius 3 is 2.40 bits per heavy atom. The lowest BCUT2D eigenvalue weighted by Crippen LogP contribution is -2.54. The van der Waals surface area contributed by atoms with Gasteiger partial charge >= 0.3 is 0 Å². The minimum absolute atomic E-state index is 0.346. The molecule has 6 rings (SSSR count). The van der Waals surface area contributed by atoms with E-state index in [0.717, 1.165) is 0 Å². The van der Waals surface area contributed by atoms with Gasteiger partial charge in [0, 0.05) is 5.69 Å². The molecule has 0 aromatic heterocycles. The molecule has 0 saturated carbocycles. The SMILES string of the molecule is CCOc1ccc(NC(=O)[C@H]2[C@H]3C(=O)N([C@H](CO)c4ccccc4)C(C(=O)Nc4ccccc4Cl)C34CC[C@]2(C)O4)cc1. The van der Waals surface area contributed by atoms with Crippen LogP contribution in [0.2, 0.25) is 5.02 Å². The first-order valence-electron chi connectivity index (χ1n) is 14.5. The standard InChI is InChI=1S/C33H34ClN3O6/c1-3-42-22-15-13-21(14-16-22)35-29(39)26-27-31(41)37(25(19-38)20-9-5-4-6-10-20)28(33(27)18-17-32(26,2)43-33)30(40)36-24-12-8-7-11-23(24)34/h4-16,25-28,38H,3,17-19H2,1-2H3,(H,35,39)(H,36,40)/t25-,26-,27+,28?,32+,33?/m1/s1. The predicted molar refractivity (Wildman–Crippen MR) is 162 cm³/mol. The van der Waals surface area contributed by atoms with Gasteiger partial charge in [-0.25, -0.2) is 0 Å². The van der Waals surface area contributed by atoms with Gasteiger partial charge in [-0.2, -0.15) is 0 Å². The minimum Gasteiger partial charge on any atom is -0.494 e. The van der Waals surface area contributed by atoms with Crippen LogP contribution in [0.3, 0.4) is 0 Å². The number of carbonyl (C=O) groups excluding carboxylic acids is 3. The maximum absolute atomic E-state index is 14.5. The number of halogens is 1. The maximum atomic E-state index is 14.5. The number of hydrogen-bond acceptors (Lipinski definition) is 6. The van der Waals surface area contributed by atoms with Crippen molar-refractivity contribution < 1.29 is 29.0 Å². The first-order valence-corrected chi connectivity index (χ1v) is 14.9. The van der Waals surface area contributed by atoms with Gasteiger partial charge in [-0.15, -0.1) is 0 Å². The van der Waals surface area contributed by atoms with Gasteiger partial charge in [0.15, 0.2) is 0 Å². The van der Waals surface area contributed by atoms with E-state index in [1.54, 1.807) is 60.7 Å². The van der Waals surface area contributed by atoms with E-state index in [1.807, 2.05) is 32.0 Å². The van der Waals surface area contributed by atoms with E-state index in [-0.39, 0.29) is 5.91 Å². The third-order valence-corrected chi connectivity index (χ3v) is 9.33. The number of hydrogen-bond donors (Lipinski definition) is 3. The van der Waals surface area contributed by atoms with Crippen molar-refractivity contribution in [2.24, 2.45) is 11.8 Å². The summed E-state index contributed by atoms with van der Waals surface area (Å²) in [4.78, 5) is 44.2. The van der Waals surface area contributed by atoms with E-state index in [0.29, 0.717) is 47.2 Å². The van der Waals surface area contributed by atoms with Crippen LogP contribution in [-0.2, 0) is 19.1 Å². The normalized spacial score (nSPS) is 28.0. The lowest BCUT2D eigenvalue weighted by atomic mass is 9.66. The summed E-state index contributed by atoms with van der Waals surface area (Å²) in [6.45, 7) is 3.83. The van der Waals surface area contributed by atoms with E-state index in [1.165, 1.54) is 4.90 Å². The molecule has 10 heteroatoms. The molecule has 3 amide bonds. The molecule has 3 aliphatic heterocycles. The van der Waals surface area contributed by atoms with Crippen molar-refractivity contribution in [3.05, 3.63) is 89.4 Å². The molecule has 3 aliphatic rings. The van der Waals surface area contributed by atoms with Gasteiger partial charge in [0.05, 0.1) is 47.4 Å². The first-order chi connectivity index (χ1) is 20.7. The van der Waals surface area contributed by atoms with Crippen molar-refractivity contribution in [2.45, 2.75) is 50.0 Å². The molecule has 43 heavy (non-hydrogen) atoms.